The minimum absolute atomic E-state index is 0.00678. The van der Waals surface area contributed by atoms with Crippen LogP contribution in [0.1, 0.15) is 27.7 Å². The number of carbonyl (C=O) groups is 1. The van der Waals surface area contributed by atoms with E-state index >= 15 is 0 Å². The normalized spacial score (nSPS) is 12.7. The van der Waals surface area contributed by atoms with Gasteiger partial charge in [0.2, 0.25) is 5.95 Å². The van der Waals surface area contributed by atoms with Gasteiger partial charge >= 0.3 is 6.18 Å². The summed E-state index contributed by atoms with van der Waals surface area (Å²) in [4.78, 5) is 15.1. The first-order valence-electron chi connectivity index (χ1n) is 6.53. The van der Waals surface area contributed by atoms with Crippen molar-refractivity contribution in [2.45, 2.75) is 12.3 Å². The van der Waals surface area contributed by atoms with E-state index in [1.165, 1.54) is 18.2 Å². The second-order valence-electron chi connectivity index (χ2n) is 4.69. The smallest absolute Gasteiger partial charge is 0.387 e. The van der Waals surface area contributed by atoms with Crippen molar-refractivity contribution in [3.63, 3.8) is 0 Å². The fourth-order valence-electron chi connectivity index (χ4n) is 1.85. The van der Waals surface area contributed by atoms with Gasteiger partial charge in [-0.1, -0.05) is 18.2 Å². The van der Waals surface area contributed by atoms with E-state index in [9.17, 15) is 27.5 Å². The van der Waals surface area contributed by atoms with Crippen LogP contribution >= 0.6 is 0 Å². The van der Waals surface area contributed by atoms with Gasteiger partial charge < -0.3 is 10.4 Å². The van der Waals surface area contributed by atoms with Gasteiger partial charge in [-0.2, -0.15) is 17.6 Å². The number of benzene rings is 1. The van der Waals surface area contributed by atoms with Crippen LogP contribution in [0.25, 0.3) is 0 Å². The Bertz CT molecular complexity index is 704. The van der Waals surface area contributed by atoms with E-state index in [4.69, 9.17) is 0 Å². The predicted molar refractivity (Wildman–Crippen MR) is 72.9 cm³/mol. The summed E-state index contributed by atoms with van der Waals surface area (Å²) in [5.41, 5.74) is -1.08. The SMILES string of the molecule is O=C(NCC(O)c1cccc(C(F)(F)F)c1)c1cccc(F)n1. The van der Waals surface area contributed by atoms with E-state index in [1.807, 2.05) is 0 Å². The zero-order valence-corrected chi connectivity index (χ0v) is 11.6. The fraction of sp³-hybridized carbons (Fsp3) is 0.200. The zero-order valence-electron chi connectivity index (χ0n) is 11.6. The molecule has 8 heteroatoms. The molecule has 0 aliphatic carbocycles. The molecule has 1 heterocycles. The molecule has 122 valence electrons. The van der Waals surface area contributed by atoms with Crippen molar-refractivity contribution in [2.75, 3.05) is 6.54 Å². The zero-order chi connectivity index (χ0) is 17.0. The molecule has 0 fully saturated rings. The molecule has 23 heavy (non-hydrogen) atoms. The van der Waals surface area contributed by atoms with Gasteiger partial charge in [0.1, 0.15) is 5.69 Å². The van der Waals surface area contributed by atoms with Crippen molar-refractivity contribution in [2.24, 2.45) is 0 Å². The van der Waals surface area contributed by atoms with E-state index in [-0.39, 0.29) is 17.8 Å². The molecule has 0 spiro atoms. The van der Waals surface area contributed by atoms with E-state index in [2.05, 4.69) is 10.3 Å². The number of hydrogen-bond donors (Lipinski definition) is 2. The number of carbonyl (C=O) groups excluding carboxylic acids is 1. The molecular formula is C15H12F4N2O2. The van der Waals surface area contributed by atoms with Gasteiger partial charge in [0.05, 0.1) is 11.7 Å². The number of amides is 1. The Morgan fingerprint density at radius 2 is 1.91 bits per heavy atom. The van der Waals surface area contributed by atoms with E-state index < -0.39 is 29.7 Å². The summed E-state index contributed by atoms with van der Waals surface area (Å²) in [7, 11) is 0. The van der Waals surface area contributed by atoms with Crippen LogP contribution in [0.5, 0.6) is 0 Å². The molecule has 1 aromatic heterocycles. The summed E-state index contributed by atoms with van der Waals surface area (Å²) in [5.74, 6) is -1.58. The maximum absolute atomic E-state index is 12.9. The van der Waals surface area contributed by atoms with Gasteiger partial charge in [-0.15, -0.1) is 0 Å². The molecule has 0 saturated carbocycles. The highest BCUT2D eigenvalue weighted by Crippen LogP contribution is 2.30. The number of aromatic nitrogens is 1. The molecule has 2 rings (SSSR count). The van der Waals surface area contributed by atoms with Crippen molar-refractivity contribution < 1.29 is 27.5 Å². The average molecular weight is 328 g/mol. The van der Waals surface area contributed by atoms with Crippen LogP contribution in [0.2, 0.25) is 0 Å². The minimum atomic E-state index is -4.52. The first-order chi connectivity index (χ1) is 10.8. The van der Waals surface area contributed by atoms with Crippen molar-refractivity contribution >= 4 is 5.91 Å². The van der Waals surface area contributed by atoms with Crippen molar-refractivity contribution in [3.8, 4) is 0 Å². The number of rotatable bonds is 4. The molecule has 1 atom stereocenters. The van der Waals surface area contributed by atoms with Crippen LogP contribution in [0, 0.1) is 5.95 Å². The van der Waals surface area contributed by atoms with Gasteiger partial charge in [-0.25, -0.2) is 4.98 Å². The number of nitrogens with one attached hydrogen (secondary N) is 1. The highest BCUT2D eigenvalue weighted by Gasteiger charge is 2.30. The maximum atomic E-state index is 12.9. The third-order valence-electron chi connectivity index (χ3n) is 3.00. The lowest BCUT2D eigenvalue weighted by molar-refractivity contribution is -0.137. The number of halogens is 4. The average Bonchev–Trinajstić information content (AvgIpc) is 2.51. The molecule has 0 aliphatic heterocycles. The van der Waals surface area contributed by atoms with Gasteiger partial charge in [-0.3, -0.25) is 4.79 Å². The number of aliphatic hydroxyl groups is 1. The van der Waals surface area contributed by atoms with Gasteiger partial charge in [0, 0.05) is 6.54 Å². The van der Waals surface area contributed by atoms with Crippen LogP contribution in [-0.2, 0) is 6.18 Å². The lowest BCUT2D eigenvalue weighted by Gasteiger charge is -2.14. The van der Waals surface area contributed by atoms with Crippen LogP contribution in [0.15, 0.2) is 42.5 Å². The predicted octanol–water partition coefficient (Wildman–Crippen LogP) is 2.70. The maximum Gasteiger partial charge on any atom is 0.416 e. The number of nitrogens with zero attached hydrogens (tertiary/aromatic N) is 1. The Morgan fingerprint density at radius 3 is 2.57 bits per heavy atom. The lowest BCUT2D eigenvalue weighted by Crippen LogP contribution is -2.29. The Morgan fingerprint density at radius 1 is 1.22 bits per heavy atom. The second kappa shape index (κ2) is 6.74. The summed E-state index contributed by atoms with van der Waals surface area (Å²) in [6.45, 7) is -0.335. The molecule has 1 amide bonds. The molecule has 0 radical (unpaired) electrons. The Kier molecular flexibility index (Phi) is 4.95. The molecule has 0 saturated heterocycles. The number of aliphatic hydroxyl groups excluding tert-OH is 1. The molecule has 0 bridgehead atoms. The number of pyridine rings is 1. The summed E-state index contributed by atoms with van der Waals surface area (Å²) in [6, 6.07) is 7.79. The van der Waals surface area contributed by atoms with Crippen LogP contribution in [0.4, 0.5) is 17.6 Å². The van der Waals surface area contributed by atoms with Crippen LogP contribution in [0.3, 0.4) is 0 Å². The van der Waals surface area contributed by atoms with Gasteiger partial charge in [0.25, 0.3) is 5.91 Å². The summed E-state index contributed by atoms with van der Waals surface area (Å²) in [6.07, 6.45) is -5.86. The molecule has 4 nitrogen and oxygen atoms in total. The number of hydrogen-bond acceptors (Lipinski definition) is 3. The molecule has 1 aromatic carbocycles. The number of alkyl halides is 3. The van der Waals surface area contributed by atoms with E-state index in [0.29, 0.717) is 0 Å². The molecule has 2 aromatic rings. The third-order valence-corrected chi connectivity index (χ3v) is 3.00. The monoisotopic (exact) mass is 328 g/mol. The molecule has 2 N–H and O–H groups in total. The van der Waals surface area contributed by atoms with Crippen molar-refractivity contribution in [1.82, 2.24) is 10.3 Å². The van der Waals surface area contributed by atoms with Crippen molar-refractivity contribution in [3.05, 3.63) is 65.2 Å². The second-order valence-corrected chi connectivity index (χ2v) is 4.69. The van der Waals surface area contributed by atoms with E-state index in [0.717, 1.165) is 24.3 Å². The molecule has 0 aliphatic rings. The topological polar surface area (TPSA) is 62.2 Å². The lowest BCUT2D eigenvalue weighted by atomic mass is 10.1. The Labute approximate surface area is 128 Å². The van der Waals surface area contributed by atoms with E-state index in [1.54, 1.807) is 0 Å². The Balaban J connectivity index is 2.02. The van der Waals surface area contributed by atoms with Crippen LogP contribution in [-0.4, -0.2) is 22.5 Å². The highest BCUT2D eigenvalue weighted by atomic mass is 19.4. The minimum Gasteiger partial charge on any atom is -0.387 e. The fourth-order valence-corrected chi connectivity index (χ4v) is 1.85. The first-order valence-corrected chi connectivity index (χ1v) is 6.53. The quantitative estimate of drug-likeness (QED) is 0.670. The molecule has 1 unspecified atom stereocenters. The van der Waals surface area contributed by atoms with Gasteiger partial charge in [0.15, 0.2) is 0 Å². The third kappa shape index (κ3) is 4.49. The first kappa shape index (κ1) is 16.9. The van der Waals surface area contributed by atoms with Crippen molar-refractivity contribution in [1.29, 1.82) is 0 Å². The highest BCUT2D eigenvalue weighted by molar-refractivity contribution is 5.92. The van der Waals surface area contributed by atoms with Crippen LogP contribution < -0.4 is 5.32 Å². The molecular weight excluding hydrogens is 316 g/mol. The largest absolute Gasteiger partial charge is 0.416 e. The summed E-state index contributed by atoms with van der Waals surface area (Å²) in [5, 5.41) is 12.2. The van der Waals surface area contributed by atoms with Gasteiger partial charge in [-0.05, 0) is 29.8 Å². The summed E-state index contributed by atoms with van der Waals surface area (Å²) >= 11 is 0. The Hall–Kier alpha value is -2.48. The summed E-state index contributed by atoms with van der Waals surface area (Å²) < 4.78 is 50.7. The standard InChI is InChI=1S/C15H12F4N2O2/c16-13-6-2-5-11(21-13)14(23)20-8-12(22)9-3-1-4-10(7-9)15(17,18)19/h1-7,12,22H,8H2,(H,20,23).